The summed E-state index contributed by atoms with van der Waals surface area (Å²) in [7, 11) is 0. The number of benzene rings is 1. The van der Waals surface area contributed by atoms with E-state index in [1.165, 1.54) is 0 Å². The molecule has 0 aliphatic heterocycles. The maximum Gasteiger partial charge on any atom is 0.0296 e. The predicted molar refractivity (Wildman–Crippen MR) is 74.3 cm³/mol. The summed E-state index contributed by atoms with van der Waals surface area (Å²) in [5.41, 5.74) is 12.6. The SMILES string of the molecule is Cl.NCCC[C@H](N)c1cc(Br)cc(Br)c1. The van der Waals surface area contributed by atoms with Crippen molar-refractivity contribution in [3.8, 4) is 0 Å². The van der Waals surface area contributed by atoms with Crippen molar-refractivity contribution in [3.63, 3.8) is 0 Å². The van der Waals surface area contributed by atoms with Gasteiger partial charge in [-0.05, 0) is 43.1 Å². The molecule has 0 radical (unpaired) electrons. The fourth-order valence-corrected chi connectivity index (χ4v) is 2.62. The van der Waals surface area contributed by atoms with Crippen LogP contribution in [0.4, 0.5) is 0 Å². The highest BCUT2D eigenvalue weighted by Crippen LogP contribution is 2.24. The summed E-state index contributed by atoms with van der Waals surface area (Å²) in [6.07, 6.45) is 1.89. The van der Waals surface area contributed by atoms with E-state index in [4.69, 9.17) is 11.5 Å². The van der Waals surface area contributed by atoms with Crippen LogP contribution in [0.3, 0.4) is 0 Å². The van der Waals surface area contributed by atoms with Crippen molar-refractivity contribution >= 4 is 44.3 Å². The molecule has 1 atom stereocenters. The Hall–Kier alpha value is 0.390. The molecule has 2 nitrogen and oxygen atoms in total. The van der Waals surface area contributed by atoms with Gasteiger partial charge in [0.15, 0.2) is 0 Å². The maximum atomic E-state index is 6.02. The van der Waals surface area contributed by atoms with Crippen LogP contribution in [-0.4, -0.2) is 6.54 Å². The average molecular weight is 359 g/mol. The van der Waals surface area contributed by atoms with Crippen LogP contribution < -0.4 is 11.5 Å². The minimum Gasteiger partial charge on any atom is -0.330 e. The number of halogens is 3. The van der Waals surface area contributed by atoms with E-state index in [9.17, 15) is 0 Å². The van der Waals surface area contributed by atoms with Crippen LogP contribution in [-0.2, 0) is 0 Å². The summed E-state index contributed by atoms with van der Waals surface area (Å²) in [6.45, 7) is 0.697. The first-order valence-corrected chi connectivity index (χ1v) is 6.13. The Balaban J connectivity index is 0.00000196. The number of nitrogens with two attached hydrogens (primary N) is 2. The van der Waals surface area contributed by atoms with Gasteiger partial charge in [-0.15, -0.1) is 12.4 Å². The highest BCUT2D eigenvalue weighted by Gasteiger charge is 2.06. The molecule has 1 aromatic carbocycles. The van der Waals surface area contributed by atoms with Gasteiger partial charge in [0.25, 0.3) is 0 Å². The largest absolute Gasteiger partial charge is 0.330 e. The van der Waals surface area contributed by atoms with Gasteiger partial charge < -0.3 is 11.5 Å². The zero-order chi connectivity index (χ0) is 10.6. The van der Waals surface area contributed by atoms with Gasteiger partial charge in [-0.25, -0.2) is 0 Å². The minimum absolute atomic E-state index is 0. The van der Waals surface area contributed by atoms with Gasteiger partial charge in [0.2, 0.25) is 0 Å². The van der Waals surface area contributed by atoms with Gasteiger partial charge in [0.1, 0.15) is 0 Å². The Morgan fingerprint density at radius 2 is 1.67 bits per heavy atom. The number of rotatable bonds is 4. The molecule has 0 aromatic heterocycles. The van der Waals surface area contributed by atoms with E-state index in [0.717, 1.165) is 27.4 Å². The monoisotopic (exact) mass is 356 g/mol. The Kier molecular flexibility index (Phi) is 7.83. The summed E-state index contributed by atoms with van der Waals surface area (Å²) in [6, 6.07) is 6.17. The molecule has 1 aromatic rings. The second-order valence-corrected chi connectivity index (χ2v) is 5.07. The van der Waals surface area contributed by atoms with E-state index in [1.807, 2.05) is 18.2 Å². The molecule has 0 amide bonds. The molecule has 4 N–H and O–H groups in total. The van der Waals surface area contributed by atoms with Gasteiger partial charge in [-0.1, -0.05) is 31.9 Å². The van der Waals surface area contributed by atoms with Crippen molar-refractivity contribution in [2.45, 2.75) is 18.9 Å². The Morgan fingerprint density at radius 3 is 2.13 bits per heavy atom. The van der Waals surface area contributed by atoms with Gasteiger partial charge in [0.05, 0.1) is 0 Å². The fraction of sp³-hybridized carbons (Fsp3) is 0.400. The Labute approximate surface area is 113 Å². The second-order valence-electron chi connectivity index (χ2n) is 3.24. The van der Waals surface area contributed by atoms with Crippen LogP contribution in [0.25, 0.3) is 0 Å². The lowest BCUT2D eigenvalue weighted by Crippen LogP contribution is -2.12. The van der Waals surface area contributed by atoms with E-state index in [1.54, 1.807) is 0 Å². The molecule has 15 heavy (non-hydrogen) atoms. The lowest BCUT2D eigenvalue weighted by atomic mass is 10.0. The highest BCUT2D eigenvalue weighted by molar-refractivity contribution is 9.11. The van der Waals surface area contributed by atoms with Crippen molar-refractivity contribution in [3.05, 3.63) is 32.7 Å². The van der Waals surface area contributed by atoms with Gasteiger partial charge in [-0.3, -0.25) is 0 Å². The number of hydrogen-bond donors (Lipinski definition) is 2. The third-order valence-corrected chi connectivity index (χ3v) is 2.95. The van der Waals surface area contributed by atoms with Crippen molar-refractivity contribution in [1.82, 2.24) is 0 Å². The Bertz CT molecular complexity index is 287. The lowest BCUT2D eigenvalue weighted by Gasteiger charge is -2.12. The van der Waals surface area contributed by atoms with Crippen molar-refractivity contribution in [1.29, 1.82) is 0 Å². The molecular weight excluding hydrogens is 343 g/mol. The number of hydrogen-bond acceptors (Lipinski definition) is 2. The van der Waals surface area contributed by atoms with Gasteiger partial charge in [0, 0.05) is 15.0 Å². The summed E-state index contributed by atoms with van der Waals surface area (Å²) >= 11 is 6.88. The topological polar surface area (TPSA) is 52.0 Å². The average Bonchev–Trinajstić information content (AvgIpc) is 2.12. The molecule has 0 heterocycles. The van der Waals surface area contributed by atoms with Crippen LogP contribution in [0.1, 0.15) is 24.4 Å². The van der Waals surface area contributed by atoms with E-state index >= 15 is 0 Å². The molecule has 5 heteroatoms. The summed E-state index contributed by atoms with van der Waals surface area (Å²) in [5.74, 6) is 0. The van der Waals surface area contributed by atoms with Gasteiger partial charge >= 0.3 is 0 Å². The minimum atomic E-state index is 0. The van der Waals surface area contributed by atoms with Crippen molar-refractivity contribution in [2.75, 3.05) is 6.54 Å². The van der Waals surface area contributed by atoms with E-state index < -0.39 is 0 Å². The molecule has 0 saturated carbocycles. The van der Waals surface area contributed by atoms with Crippen LogP contribution >= 0.6 is 44.3 Å². The normalized spacial score (nSPS) is 12.0. The highest BCUT2D eigenvalue weighted by atomic mass is 79.9. The molecule has 0 unspecified atom stereocenters. The first-order chi connectivity index (χ1) is 6.63. The standard InChI is InChI=1S/C10H14Br2N2.ClH/c11-8-4-7(5-9(12)6-8)10(14)2-1-3-13;/h4-6,10H,1-3,13-14H2;1H/t10-;/m0./s1. The molecule has 0 spiro atoms. The van der Waals surface area contributed by atoms with Crippen LogP contribution in [0, 0.1) is 0 Å². The zero-order valence-corrected chi connectivity index (χ0v) is 12.2. The van der Waals surface area contributed by atoms with Crippen molar-refractivity contribution in [2.24, 2.45) is 11.5 Å². The quantitative estimate of drug-likeness (QED) is 0.867. The van der Waals surface area contributed by atoms with Crippen LogP contribution in [0.5, 0.6) is 0 Å². The summed E-state index contributed by atoms with van der Waals surface area (Å²) in [4.78, 5) is 0. The fourth-order valence-electron chi connectivity index (χ4n) is 1.29. The molecule has 0 aliphatic rings. The summed E-state index contributed by atoms with van der Waals surface area (Å²) in [5, 5.41) is 0. The third-order valence-electron chi connectivity index (χ3n) is 2.03. The second kappa shape index (κ2) is 7.63. The third kappa shape index (κ3) is 5.31. The predicted octanol–water partition coefficient (Wildman–Crippen LogP) is 3.37. The zero-order valence-electron chi connectivity index (χ0n) is 8.25. The maximum absolute atomic E-state index is 6.02. The molecular formula is C10H15Br2ClN2. The van der Waals surface area contributed by atoms with Crippen LogP contribution in [0.15, 0.2) is 27.1 Å². The van der Waals surface area contributed by atoms with Crippen molar-refractivity contribution < 1.29 is 0 Å². The van der Waals surface area contributed by atoms with Gasteiger partial charge in [-0.2, -0.15) is 0 Å². The van der Waals surface area contributed by atoms with Crippen LogP contribution in [0.2, 0.25) is 0 Å². The molecule has 1 rings (SSSR count). The lowest BCUT2D eigenvalue weighted by molar-refractivity contribution is 0.617. The molecule has 0 aliphatic carbocycles. The molecule has 0 fully saturated rings. The summed E-state index contributed by atoms with van der Waals surface area (Å²) < 4.78 is 2.09. The van der Waals surface area contributed by atoms with E-state index in [-0.39, 0.29) is 18.4 Å². The molecule has 0 saturated heterocycles. The first-order valence-electron chi connectivity index (χ1n) is 4.55. The molecule has 0 bridgehead atoms. The van der Waals surface area contributed by atoms with E-state index in [2.05, 4.69) is 31.9 Å². The smallest absolute Gasteiger partial charge is 0.0296 e. The van der Waals surface area contributed by atoms with E-state index in [0.29, 0.717) is 6.54 Å². The Morgan fingerprint density at radius 1 is 1.13 bits per heavy atom. The first kappa shape index (κ1) is 15.4. The molecule has 86 valence electrons.